The molecule has 2 rings (SSSR count). The summed E-state index contributed by atoms with van der Waals surface area (Å²) in [6.07, 6.45) is 0. The van der Waals surface area contributed by atoms with Gasteiger partial charge in [-0.1, -0.05) is 30.3 Å². The van der Waals surface area contributed by atoms with E-state index in [1.165, 1.54) is 0 Å². The summed E-state index contributed by atoms with van der Waals surface area (Å²) in [7, 11) is -3.41. The summed E-state index contributed by atoms with van der Waals surface area (Å²) in [6, 6.07) is 15.0. The van der Waals surface area contributed by atoms with Crippen molar-refractivity contribution in [2.45, 2.75) is 15.7 Å². The average Bonchev–Trinajstić information content (AvgIpc) is 2.40. The Balaban J connectivity index is 2.45. The average molecular weight is 267 g/mol. The van der Waals surface area contributed by atoms with Gasteiger partial charge >= 0.3 is 0 Å². The molecular formula is C13H11ClO2S. The van der Waals surface area contributed by atoms with E-state index in [1.807, 2.05) is 0 Å². The Kier molecular flexibility index (Phi) is 3.50. The molecule has 0 fully saturated rings. The molecule has 0 atom stereocenters. The predicted octanol–water partition coefficient (Wildman–Crippen LogP) is 3.26. The second-order valence-corrected chi connectivity index (χ2v) is 5.81. The van der Waals surface area contributed by atoms with Crippen LogP contribution < -0.4 is 0 Å². The fourth-order valence-corrected chi connectivity index (χ4v) is 2.95. The van der Waals surface area contributed by atoms with Crippen LogP contribution in [0.3, 0.4) is 0 Å². The molecule has 17 heavy (non-hydrogen) atoms. The summed E-state index contributed by atoms with van der Waals surface area (Å²) in [5, 5.41) is 0. The molecule has 0 bridgehead atoms. The highest BCUT2D eigenvalue weighted by Gasteiger charge is 2.16. The van der Waals surface area contributed by atoms with E-state index < -0.39 is 9.84 Å². The molecule has 0 aliphatic heterocycles. The summed E-state index contributed by atoms with van der Waals surface area (Å²) in [5.74, 6) is 0.381. The van der Waals surface area contributed by atoms with Crippen LogP contribution in [-0.4, -0.2) is 8.42 Å². The summed E-state index contributed by atoms with van der Waals surface area (Å²) < 4.78 is 24.4. The van der Waals surface area contributed by atoms with Gasteiger partial charge in [0, 0.05) is 5.88 Å². The molecule has 2 aromatic carbocycles. The van der Waals surface area contributed by atoms with Gasteiger partial charge in [-0.05, 0) is 29.8 Å². The van der Waals surface area contributed by atoms with Crippen molar-refractivity contribution in [1.82, 2.24) is 0 Å². The van der Waals surface area contributed by atoms with Gasteiger partial charge in [-0.2, -0.15) is 0 Å². The third-order valence-electron chi connectivity index (χ3n) is 2.44. The lowest BCUT2D eigenvalue weighted by Crippen LogP contribution is -2.01. The second kappa shape index (κ2) is 4.90. The van der Waals surface area contributed by atoms with Crippen molar-refractivity contribution in [1.29, 1.82) is 0 Å². The molecule has 2 nitrogen and oxygen atoms in total. The molecule has 2 aromatic rings. The molecule has 0 unspecified atom stereocenters. The fourth-order valence-electron chi connectivity index (χ4n) is 1.49. The number of rotatable bonds is 3. The van der Waals surface area contributed by atoms with Crippen molar-refractivity contribution in [2.75, 3.05) is 0 Å². The summed E-state index contributed by atoms with van der Waals surface area (Å²) in [6.45, 7) is 0. The van der Waals surface area contributed by atoms with Crippen molar-refractivity contribution < 1.29 is 8.42 Å². The Morgan fingerprint density at radius 1 is 0.824 bits per heavy atom. The number of hydrogen-bond donors (Lipinski definition) is 0. The van der Waals surface area contributed by atoms with Gasteiger partial charge in [0.1, 0.15) is 0 Å². The predicted molar refractivity (Wildman–Crippen MR) is 67.9 cm³/mol. The minimum absolute atomic E-state index is 0.289. The molecule has 0 saturated carbocycles. The highest BCUT2D eigenvalue weighted by atomic mass is 35.5. The number of alkyl halides is 1. The molecule has 0 saturated heterocycles. The van der Waals surface area contributed by atoms with Crippen molar-refractivity contribution in [3.05, 3.63) is 60.2 Å². The standard InChI is InChI=1S/C13H11ClO2S/c14-10-11-6-8-13(9-7-11)17(15,16)12-4-2-1-3-5-12/h1-9H,10H2. The zero-order valence-corrected chi connectivity index (χ0v) is 10.6. The SMILES string of the molecule is O=S(=O)(c1ccccc1)c1ccc(CCl)cc1. The van der Waals surface area contributed by atoms with Gasteiger partial charge in [0.2, 0.25) is 9.84 Å². The highest BCUT2D eigenvalue weighted by molar-refractivity contribution is 7.91. The van der Waals surface area contributed by atoms with E-state index in [4.69, 9.17) is 11.6 Å². The largest absolute Gasteiger partial charge is 0.219 e. The van der Waals surface area contributed by atoms with E-state index in [0.29, 0.717) is 10.8 Å². The lowest BCUT2D eigenvalue weighted by molar-refractivity contribution is 0.596. The third kappa shape index (κ3) is 2.51. The van der Waals surface area contributed by atoms with Gasteiger partial charge in [0.15, 0.2) is 0 Å². The van der Waals surface area contributed by atoms with Crippen molar-refractivity contribution in [3.8, 4) is 0 Å². The van der Waals surface area contributed by atoms with Crippen LogP contribution in [0.15, 0.2) is 64.4 Å². The normalized spacial score (nSPS) is 11.4. The first-order chi connectivity index (χ1) is 8.14. The summed E-state index contributed by atoms with van der Waals surface area (Å²) in [4.78, 5) is 0.594. The second-order valence-electron chi connectivity index (χ2n) is 3.59. The van der Waals surface area contributed by atoms with Crippen molar-refractivity contribution in [3.63, 3.8) is 0 Å². The van der Waals surface area contributed by atoms with Gasteiger partial charge in [0.05, 0.1) is 9.79 Å². The molecule has 0 heterocycles. The van der Waals surface area contributed by atoms with Crippen LogP contribution in [-0.2, 0) is 15.7 Å². The Morgan fingerprint density at radius 2 is 1.35 bits per heavy atom. The topological polar surface area (TPSA) is 34.1 Å². The number of halogens is 1. The lowest BCUT2D eigenvalue weighted by atomic mass is 10.2. The first-order valence-electron chi connectivity index (χ1n) is 5.09. The molecule has 88 valence electrons. The van der Waals surface area contributed by atoms with Crippen LogP contribution in [0, 0.1) is 0 Å². The lowest BCUT2D eigenvalue weighted by Gasteiger charge is -2.04. The van der Waals surface area contributed by atoms with Crippen LogP contribution in [0.2, 0.25) is 0 Å². The zero-order valence-electron chi connectivity index (χ0n) is 9.01. The van der Waals surface area contributed by atoms with E-state index >= 15 is 0 Å². The molecule has 0 aromatic heterocycles. The number of hydrogen-bond acceptors (Lipinski definition) is 2. The molecule has 0 N–H and O–H groups in total. The van der Waals surface area contributed by atoms with E-state index in [9.17, 15) is 8.42 Å². The van der Waals surface area contributed by atoms with Gasteiger partial charge in [-0.3, -0.25) is 0 Å². The molecule has 0 aliphatic carbocycles. The fraction of sp³-hybridized carbons (Fsp3) is 0.0769. The van der Waals surface area contributed by atoms with E-state index in [2.05, 4.69) is 0 Å². The number of benzene rings is 2. The van der Waals surface area contributed by atoms with Crippen LogP contribution in [0.1, 0.15) is 5.56 Å². The van der Waals surface area contributed by atoms with Gasteiger partial charge in [0.25, 0.3) is 0 Å². The van der Waals surface area contributed by atoms with Gasteiger partial charge in [-0.25, -0.2) is 8.42 Å². The highest BCUT2D eigenvalue weighted by Crippen LogP contribution is 2.20. The summed E-state index contributed by atoms with van der Waals surface area (Å²) >= 11 is 5.66. The van der Waals surface area contributed by atoms with E-state index in [1.54, 1.807) is 54.6 Å². The minimum Gasteiger partial charge on any atom is -0.219 e. The zero-order chi connectivity index (χ0) is 12.3. The molecule has 0 amide bonds. The van der Waals surface area contributed by atoms with E-state index in [-0.39, 0.29) is 4.90 Å². The smallest absolute Gasteiger partial charge is 0.206 e. The maximum absolute atomic E-state index is 12.2. The van der Waals surface area contributed by atoms with Gasteiger partial charge < -0.3 is 0 Å². The molecule has 0 aliphatic rings. The Labute approximate surface area is 106 Å². The third-order valence-corrected chi connectivity index (χ3v) is 4.54. The monoisotopic (exact) mass is 266 g/mol. The summed E-state index contributed by atoms with van der Waals surface area (Å²) in [5.41, 5.74) is 0.902. The minimum atomic E-state index is -3.41. The Hall–Kier alpha value is -1.32. The van der Waals surface area contributed by atoms with Crippen molar-refractivity contribution >= 4 is 21.4 Å². The molecule has 0 spiro atoms. The van der Waals surface area contributed by atoms with Crippen LogP contribution in [0.5, 0.6) is 0 Å². The molecule has 4 heteroatoms. The quantitative estimate of drug-likeness (QED) is 0.799. The van der Waals surface area contributed by atoms with E-state index in [0.717, 1.165) is 5.56 Å². The first-order valence-corrected chi connectivity index (χ1v) is 7.11. The maximum atomic E-state index is 12.2. The Morgan fingerprint density at radius 3 is 1.88 bits per heavy atom. The Bertz CT molecular complexity index is 589. The number of sulfone groups is 1. The van der Waals surface area contributed by atoms with Crippen LogP contribution in [0.4, 0.5) is 0 Å². The van der Waals surface area contributed by atoms with Gasteiger partial charge in [-0.15, -0.1) is 11.6 Å². The van der Waals surface area contributed by atoms with Crippen LogP contribution in [0.25, 0.3) is 0 Å². The molecular weight excluding hydrogens is 256 g/mol. The maximum Gasteiger partial charge on any atom is 0.206 e. The van der Waals surface area contributed by atoms with Crippen LogP contribution >= 0.6 is 11.6 Å². The molecule has 0 radical (unpaired) electrons. The van der Waals surface area contributed by atoms with Crippen molar-refractivity contribution in [2.24, 2.45) is 0 Å². The first kappa shape index (κ1) is 12.1.